The maximum absolute atomic E-state index is 13.9. The predicted octanol–water partition coefficient (Wildman–Crippen LogP) is 4.73. The molecule has 190 valence electrons. The molecule has 3 saturated heterocycles. The first kappa shape index (κ1) is 23.8. The molecule has 7 heteroatoms. The quantitative estimate of drug-likeness (QED) is 0.550. The van der Waals surface area contributed by atoms with Crippen LogP contribution in [0, 0.1) is 0 Å². The van der Waals surface area contributed by atoms with Crippen molar-refractivity contribution in [1.82, 2.24) is 14.7 Å². The Balaban J connectivity index is 1.14. The summed E-state index contributed by atoms with van der Waals surface area (Å²) in [4.78, 5) is 35.6. The van der Waals surface area contributed by atoms with Crippen LogP contribution < -0.4 is 4.90 Å². The molecule has 0 radical (unpaired) electrons. The zero-order valence-electron chi connectivity index (χ0n) is 21.1. The molecular weight excluding hydrogens is 472 g/mol. The largest absolute Gasteiger partial charge is 0.370 e. The molecule has 36 heavy (non-hydrogen) atoms. The smallest absolute Gasteiger partial charge is 0.327 e. The first-order valence-electron chi connectivity index (χ1n) is 13.5. The number of nitrogens with zero attached hydrogens (tertiary/aromatic N) is 4. The van der Waals surface area contributed by atoms with Crippen LogP contribution in [0.4, 0.5) is 10.5 Å². The van der Waals surface area contributed by atoms with E-state index in [0.717, 1.165) is 56.3 Å². The first-order valence-corrected chi connectivity index (χ1v) is 13.9. The first-order chi connectivity index (χ1) is 17.5. The lowest BCUT2D eigenvalue weighted by atomic mass is 9.85. The fourth-order valence-corrected chi connectivity index (χ4v) is 7.23. The number of carbonyl (C=O) groups is 2. The topological polar surface area (TPSA) is 47.1 Å². The standard InChI is InChI=1S/C29H35ClN4O2/c1-2-33-28(36)34(24-18-22-7-3-4-8-23(22)19-24)27(35)29(33)11-15-31(16-12-29)20-21-9-10-26(25(30)17-21)32-13-5-6-14-32/h3-4,7-10,17,24H,2,5-6,11-16,18-20H2,1H3. The number of urea groups is 1. The zero-order valence-corrected chi connectivity index (χ0v) is 21.8. The Labute approximate surface area is 218 Å². The van der Waals surface area contributed by atoms with Gasteiger partial charge in [0.05, 0.1) is 10.7 Å². The minimum absolute atomic E-state index is 0.0183. The second-order valence-electron chi connectivity index (χ2n) is 10.8. The third-order valence-corrected chi connectivity index (χ3v) is 9.13. The van der Waals surface area contributed by atoms with E-state index in [1.165, 1.54) is 29.5 Å². The number of likely N-dealkylation sites (N-methyl/N-ethyl adjacent to an activating group) is 1. The van der Waals surface area contributed by atoms with Gasteiger partial charge in [-0.1, -0.05) is 41.9 Å². The van der Waals surface area contributed by atoms with Crippen molar-refractivity contribution in [2.75, 3.05) is 37.6 Å². The third-order valence-electron chi connectivity index (χ3n) is 8.83. The molecule has 0 unspecified atom stereocenters. The van der Waals surface area contributed by atoms with Gasteiger partial charge in [-0.05, 0) is 74.3 Å². The highest BCUT2D eigenvalue weighted by molar-refractivity contribution is 6.33. The van der Waals surface area contributed by atoms with E-state index in [0.29, 0.717) is 19.4 Å². The molecule has 3 heterocycles. The van der Waals surface area contributed by atoms with E-state index in [-0.39, 0.29) is 18.0 Å². The van der Waals surface area contributed by atoms with Gasteiger partial charge in [-0.15, -0.1) is 0 Å². The van der Waals surface area contributed by atoms with E-state index < -0.39 is 5.54 Å². The van der Waals surface area contributed by atoms with Gasteiger partial charge < -0.3 is 9.80 Å². The zero-order chi connectivity index (χ0) is 24.9. The molecule has 0 bridgehead atoms. The van der Waals surface area contributed by atoms with Crippen molar-refractivity contribution in [3.63, 3.8) is 0 Å². The number of imide groups is 1. The van der Waals surface area contributed by atoms with Gasteiger partial charge >= 0.3 is 6.03 Å². The van der Waals surface area contributed by atoms with Crippen molar-refractivity contribution in [3.05, 3.63) is 64.2 Å². The Morgan fingerprint density at radius 1 is 0.944 bits per heavy atom. The fourth-order valence-electron chi connectivity index (χ4n) is 6.90. The van der Waals surface area contributed by atoms with E-state index in [1.54, 1.807) is 4.90 Å². The van der Waals surface area contributed by atoms with Gasteiger partial charge in [0.2, 0.25) is 0 Å². The molecule has 0 saturated carbocycles. The molecule has 0 N–H and O–H groups in total. The minimum atomic E-state index is -0.700. The minimum Gasteiger partial charge on any atom is -0.370 e. The number of anilines is 1. The summed E-state index contributed by atoms with van der Waals surface area (Å²) in [6.07, 6.45) is 5.36. The Kier molecular flexibility index (Phi) is 6.21. The van der Waals surface area contributed by atoms with E-state index >= 15 is 0 Å². The summed E-state index contributed by atoms with van der Waals surface area (Å²) in [6, 6.07) is 14.6. The molecule has 6 nitrogen and oxygen atoms in total. The van der Waals surface area contributed by atoms with Crippen LogP contribution in [0.1, 0.15) is 49.3 Å². The third kappa shape index (κ3) is 3.90. The van der Waals surface area contributed by atoms with Crippen molar-refractivity contribution >= 4 is 29.2 Å². The monoisotopic (exact) mass is 506 g/mol. The SMILES string of the molecule is CCN1C(=O)N(C2Cc3ccccc3C2)C(=O)C12CCN(Cc1ccc(N3CCCC3)c(Cl)c1)CC2. The molecule has 3 amide bonds. The summed E-state index contributed by atoms with van der Waals surface area (Å²) in [5, 5.41) is 0.824. The maximum atomic E-state index is 13.9. The van der Waals surface area contributed by atoms with Gasteiger partial charge in [0, 0.05) is 45.3 Å². The number of carbonyl (C=O) groups excluding carboxylic acids is 2. The Morgan fingerprint density at radius 2 is 1.61 bits per heavy atom. The average molecular weight is 507 g/mol. The summed E-state index contributed by atoms with van der Waals surface area (Å²) < 4.78 is 0. The van der Waals surface area contributed by atoms with Crippen molar-refractivity contribution in [2.24, 2.45) is 0 Å². The lowest BCUT2D eigenvalue weighted by Gasteiger charge is -2.42. The highest BCUT2D eigenvalue weighted by atomic mass is 35.5. The van der Waals surface area contributed by atoms with Crippen molar-refractivity contribution in [1.29, 1.82) is 0 Å². The van der Waals surface area contributed by atoms with Crippen LogP contribution in [-0.4, -0.2) is 70.9 Å². The second-order valence-corrected chi connectivity index (χ2v) is 11.2. The molecule has 1 aliphatic carbocycles. The molecule has 2 aromatic carbocycles. The van der Waals surface area contributed by atoms with Crippen LogP contribution in [0.15, 0.2) is 42.5 Å². The summed E-state index contributed by atoms with van der Waals surface area (Å²) in [7, 11) is 0. The highest BCUT2D eigenvalue weighted by Gasteiger charge is 2.59. The highest BCUT2D eigenvalue weighted by Crippen LogP contribution is 2.40. The molecule has 0 aromatic heterocycles. The summed E-state index contributed by atoms with van der Waals surface area (Å²) in [6.45, 7) is 7.12. The number of halogens is 1. The number of rotatable bonds is 5. The molecule has 3 fully saturated rings. The van der Waals surface area contributed by atoms with E-state index in [4.69, 9.17) is 11.6 Å². The summed E-state index contributed by atoms with van der Waals surface area (Å²) in [5.41, 5.74) is 4.16. The van der Waals surface area contributed by atoms with Crippen LogP contribution in [0.5, 0.6) is 0 Å². The van der Waals surface area contributed by atoms with Gasteiger partial charge in [0.15, 0.2) is 0 Å². The van der Waals surface area contributed by atoms with Crippen LogP contribution in [0.3, 0.4) is 0 Å². The van der Waals surface area contributed by atoms with Crippen molar-refractivity contribution < 1.29 is 9.59 Å². The predicted molar refractivity (Wildman–Crippen MR) is 142 cm³/mol. The van der Waals surface area contributed by atoms with Crippen LogP contribution in [0.25, 0.3) is 0 Å². The number of fused-ring (bicyclic) bond motifs is 1. The van der Waals surface area contributed by atoms with Crippen LogP contribution in [-0.2, 0) is 24.2 Å². The normalized spacial score (nSPS) is 22.3. The number of hydrogen-bond donors (Lipinski definition) is 0. The number of amides is 3. The van der Waals surface area contributed by atoms with Crippen LogP contribution >= 0.6 is 11.6 Å². The summed E-state index contributed by atoms with van der Waals surface area (Å²) in [5.74, 6) is 0.0183. The maximum Gasteiger partial charge on any atom is 0.327 e. The molecule has 2 aromatic rings. The van der Waals surface area contributed by atoms with Gasteiger partial charge in [-0.25, -0.2) is 4.79 Å². The number of likely N-dealkylation sites (tertiary alicyclic amines) is 1. The summed E-state index contributed by atoms with van der Waals surface area (Å²) >= 11 is 6.66. The van der Waals surface area contributed by atoms with Crippen molar-refractivity contribution in [2.45, 2.75) is 63.6 Å². The Bertz CT molecular complexity index is 1140. The number of piperidine rings is 1. The van der Waals surface area contributed by atoms with Crippen molar-refractivity contribution in [3.8, 4) is 0 Å². The van der Waals surface area contributed by atoms with Gasteiger partial charge in [0.25, 0.3) is 5.91 Å². The number of benzene rings is 2. The van der Waals surface area contributed by atoms with Crippen LogP contribution in [0.2, 0.25) is 5.02 Å². The fraction of sp³-hybridized carbons (Fsp3) is 0.517. The average Bonchev–Trinajstić information content (AvgIpc) is 3.59. The lowest BCUT2D eigenvalue weighted by Crippen LogP contribution is -2.56. The van der Waals surface area contributed by atoms with E-state index in [2.05, 4.69) is 40.1 Å². The molecule has 6 rings (SSSR count). The van der Waals surface area contributed by atoms with Gasteiger partial charge in [-0.3, -0.25) is 14.6 Å². The number of hydrogen-bond acceptors (Lipinski definition) is 4. The lowest BCUT2D eigenvalue weighted by molar-refractivity contribution is -0.137. The molecular formula is C29H35ClN4O2. The van der Waals surface area contributed by atoms with Gasteiger partial charge in [-0.2, -0.15) is 0 Å². The molecule has 3 aliphatic heterocycles. The molecule has 0 atom stereocenters. The van der Waals surface area contributed by atoms with Gasteiger partial charge in [0.1, 0.15) is 5.54 Å². The Hall–Kier alpha value is -2.57. The molecule has 1 spiro atoms. The van der Waals surface area contributed by atoms with E-state index in [9.17, 15) is 9.59 Å². The molecule has 4 aliphatic rings. The Morgan fingerprint density at radius 3 is 2.22 bits per heavy atom. The van der Waals surface area contributed by atoms with E-state index in [1.807, 2.05) is 24.0 Å². The second kappa shape index (κ2) is 9.38.